The van der Waals surface area contributed by atoms with E-state index in [0.29, 0.717) is 18.8 Å². The van der Waals surface area contributed by atoms with E-state index in [4.69, 9.17) is 17.0 Å². The van der Waals surface area contributed by atoms with Crippen molar-refractivity contribution in [2.75, 3.05) is 13.7 Å². The molecule has 100 valence electrons. The summed E-state index contributed by atoms with van der Waals surface area (Å²) in [5.74, 6) is -0.186. The highest BCUT2D eigenvalue weighted by molar-refractivity contribution is 7.71. The van der Waals surface area contributed by atoms with E-state index in [0.717, 1.165) is 0 Å². The number of aromatic nitrogens is 2. The molecule has 7 heteroatoms. The second-order valence-electron chi connectivity index (χ2n) is 3.85. The molecule has 0 unspecified atom stereocenters. The van der Waals surface area contributed by atoms with E-state index in [1.165, 1.54) is 10.6 Å². The maximum atomic E-state index is 11.8. The molecular weight excluding hydrogens is 266 g/mol. The number of ether oxygens (including phenoxy) is 1. The number of aromatic hydroxyl groups is 1. The molecule has 0 aromatic carbocycles. The summed E-state index contributed by atoms with van der Waals surface area (Å²) in [6, 6.07) is 0. The van der Waals surface area contributed by atoms with Gasteiger partial charge in [-0.3, -0.25) is 19.3 Å². The Kier molecular flexibility index (Phi) is 4.08. The average Bonchev–Trinajstić information content (AvgIpc) is 2.87. The van der Waals surface area contributed by atoms with Crippen LogP contribution < -0.4 is 5.56 Å². The van der Waals surface area contributed by atoms with Crippen LogP contribution in [0, 0.1) is 4.77 Å². The van der Waals surface area contributed by atoms with Crippen LogP contribution in [-0.4, -0.2) is 34.6 Å². The van der Waals surface area contributed by atoms with Crippen LogP contribution in [0.15, 0.2) is 27.6 Å². The minimum Gasteiger partial charge on any atom is -0.494 e. The minimum atomic E-state index is -0.445. The molecule has 0 atom stereocenters. The van der Waals surface area contributed by atoms with Crippen LogP contribution in [0.2, 0.25) is 0 Å². The molecule has 19 heavy (non-hydrogen) atoms. The zero-order valence-electron chi connectivity index (χ0n) is 10.3. The van der Waals surface area contributed by atoms with Crippen LogP contribution in [0.4, 0.5) is 0 Å². The molecule has 1 aromatic heterocycles. The van der Waals surface area contributed by atoms with Gasteiger partial charge in [0.25, 0.3) is 5.56 Å². The first-order chi connectivity index (χ1) is 9.13. The summed E-state index contributed by atoms with van der Waals surface area (Å²) in [5, 5.41) is 10.1. The number of hydrogen-bond acceptors (Lipinski definition) is 5. The van der Waals surface area contributed by atoms with E-state index in [9.17, 15) is 9.90 Å². The Morgan fingerprint density at radius 2 is 2.42 bits per heavy atom. The second kappa shape index (κ2) is 5.77. The van der Waals surface area contributed by atoms with Crippen molar-refractivity contribution in [3.8, 4) is 5.88 Å². The van der Waals surface area contributed by atoms with E-state index >= 15 is 0 Å². The van der Waals surface area contributed by atoms with Crippen molar-refractivity contribution in [1.82, 2.24) is 9.55 Å². The van der Waals surface area contributed by atoms with Crippen molar-refractivity contribution < 1.29 is 9.84 Å². The molecule has 0 bridgehead atoms. The van der Waals surface area contributed by atoms with Crippen LogP contribution in [0.5, 0.6) is 5.88 Å². The summed E-state index contributed by atoms with van der Waals surface area (Å²) >= 11 is 5.01. The Hall–Kier alpha value is -1.99. The fourth-order valence-corrected chi connectivity index (χ4v) is 1.91. The molecule has 0 saturated carbocycles. The van der Waals surface area contributed by atoms with Crippen LogP contribution >= 0.6 is 12.2 Å². The number of aliphatic imine (C=N–C) groups is 1. The molecule has 1 aromatic rings. The first-order valence-corrected chi connectivity index (χ1v) is 6.01. The van der Waals surface area contributed by atoms with Gasteiger partial charge in [0.1, 0.15) is 5.56 Å². The molecule has 0 amide bonds. The zero-order chi connectivity index (χ0) is 13.8. The van der Waals surface area contributed by atoms with Crippen LogP contribution in [0.3, 0.4) is 0 Å². The smallest absolute Gasteiger partial charge is 0.262 e. The Labute approximate surface area is 114 Å². The van der Waals surface area contributed by atoms with E-state index in [1.54, 1.807) is 25.5 Å². The van der Waals surface area contributed by atoms with Crippen molar-refractivity contribution in [1.29, 1.82) is 0 Å². The predicted molar refractivity (Wildman–Crippen MR) is 75.0 cm³/mol. The lowest BCUT2D eigenvalue weighted by atomic mass is 10.2. The van der Waals surface area contributed by atoms with Crippen LogP contribution in [0.25, 0.3) is 6.08 Å². The quantitative estimate of drug-likeness (QED) is 0.813. The molecule has 2 rings (SSSR count). The number of nitrogens with one attached hydrogen (secondary N) is 1. The monoisotopic (exact) mass is 279 g/mol. The van der Waals surface area contributed by atoms with E-state index in [-0.39, 0.29) is 16.2 Å². The van der Waals surface area contributed by atoms with Gasteiger partial charge in [-0.15, -0.1) is 0 Å². The van der Waals surface area contributed by atoms with Crippen molar-refractivity contribution in [2.45, 2.75) is 6.54 Å². The summed E-state index contributed by atoms with van der Waals surface area (Å²) in [7, 11) is 1.55. The number of H-pyrrole nitrogens is 1. The summed E-state index contributed by atoms with van der Waals surface area (Å²) in [5.41, 5.74) is 0.277. The third kappa shape index (κ3) is 2.88. The van der Waals surface area contributed by atoms with E-state index in [2.05, 4.69) is 9.98 Å². The Bertz CT molecular complexity index is 668. The van der Waals surface area contributed by atoms with Gasteiger partial charge in [0, 0.05) is 13.3 Å². The summed E-state index contributed by atoms with van der Waals surface area (Å²) in [6.45, 7) is 0.731. The molecule has 0 aliphatic carbocycles. The largest absolute Gasteiger partial charge is 0.494 e. The molecular formula is C12H13N3O3S. The maximum Gasteiger partial charge on any atom is 0.262 e. The lowest BCUT2D eigenvalue weighted by Crippen LogP contribution is -2.18. The standard InChI is InChI=1S/C12H13N3O3S/c1-18-6-5-15-11(17)9(10(16)14-12(15)19)7-8-3-2-4-13-8/h2-4,7,17H,5-6H2,1H3,(H,14,16,19). The molecule has 0 radical (unpaired) electrons. The molecule has 2 N–H and O–H groups in total. The fourth-order valence-electron chi connectivity index (χ4n) is 1.64. The van der Waals surface area contributed by atoms with Gasteiger partial charge >= 0.3 is 0 Å². The average molecular weight is 279 g/mol. The summed E-state index contributed by atoms with van der Waals surface area (Å²) in [6.07, 6.45) is 6.60. The number of methoxy groups -OCH3 is 1. The second-order valence-corrected chi connectivity index (χ2v) is 4.23. The molecule has 0 spiro atoms. The lowest BCUT2D eigenvalue weighted by Gasteiger charge is -2.10. The molecule has 2 heterocycles. The zero-order valence-corrected chi connectivity index (χ0v) is 11.1. The van der Waals surface area contributed by atoms with Crippen molar-refractivity contribution in [2.24, 2.45) is 4.99 Å². The highest BCUT2D eigenvalue weighted by atomic mass is 32.1. The van der Waals surface area contributed by atoms with Gasteiger partial charge in [0.2, 0.25) is 5.88 Å². The molecule has 0 fully saturated rings. The number of aromatic amines is 1. The van der Waals surface area contributed by atoms with Crippen LogP contribution in [-0.2, 0) is 11.3 Å². The number of hydrogen-bond donors (Lipinski definition) is 2. The van der Waals surface area contributed by atoms with Gasteiger partial charge < -0.3 is 9.84 Å². The van der Waals surface area contributed by atoms with E-state index in [1.807, 2.05) is 0 Å². The first-order valence-electron chi connectivity index (χ1n) is 5.61. The Balaban J connectivity index is 2.52. The number of allylic oxidation sites excluding steroid dienone is 2. The van der Waals surface area contributed by atoms with E-state index < -0.39 is 5.56 Å². The Morgan fingerprint density at radius 1 is 1.63 bits per heavy atom. The van der Waals surface area contributed by atoms with Gasteiger partial charge in [-0.25, -0.2) is 0 Å². The predicted octanol–water partition coefficient (Wildman–Crippen LogP) is 1.24. The third-order valence-electron chi connectivity index (χ3n) is 2.59. The topological polar surface area (TPSA) is 79.6 Å². The lowest BCUT2D eigenvalue weighted by molar-refractivity contribution is 0.182. The van der Waals surface area contributed by atoms with Crippen molar-refractivity contribution >= 4 is 24.5 Å². The highest BCUT2D eigenvalue weighted by Crippen LogP contribution is 2.18. The summed E-state index contributed by atoms with van der Waals surface area (Å²) in [4.78, 5) is 18.4. The summed E-state index contributed by atoms with van der Waals surface area (Å²) < 4.78 is 6.51. The van der Waals surface area contributed by atoms with Crippen LogP contribution in [0.1, 0.15) is 5.56 Å². The fraction of sp³-hybridized carbons (Fsp3) is 0.250. The van der Waals surface area contributed by atoms with Gasteiger partial charge in [0.15, 0.2) is 4.77 Å². The number of rotatable bonds is 4. The van der Waals surface area contributed by atoms with Gasteiger partial charge in [0.05, 0.1) is 18.8 Å². The minimum absolute atomic E-state index is 0.128. The Morgan fingerprint density at radius 3 is 3.05 bits per heavy atom. The SMILES string of the molecule is COCCn1c(O)c(C=C2C=CC=N2)c(=O)[nH]c1=S. The maximum absolute atomic E-state index is 11.8. The number of nitrogens with zero attached hydrogens (tertiary/aromatic N) is 2. The van der Waals surface area contributed by atoms with Gasteiger partial charge in [-0.2, -0.15) is 0 Å². The van der Waals surface area contributed by atoms with Gasteiger partial charge in [-0.05, 0) is 30.4 Å². The van der Waals surface area contributed by atoms with Crippen molar-refractivity contribution in [3.63, 3.8) is 0 Å². The molecule has 0 saturated heterocycles. The van der Waals surface area contributed by atoms with Gasteiger partial charge in [-0.1, -0.05) is 0 Å². The molecule has 1 aliphatic heterocycles. The van der Waals surface area contributed by atoms with Crippen molar-refractivity contribution in [3.05, 3.63) is 38.5 Å². The normalized spacial score (nSPS) is 15.5. The first kappa shape index (κ1) is 13.4. The third-order valence-corrected chi connectivity index (χ3v) is 2.92. The molecule has 6 nitrogen and oxygen atoms in total. The highest BCUT2D eigenvalue weighted by Gasteiger charge is 2.11. The molecule has 1 aliphatic rings.